The molecular weight excluding hydrogens is 421 g/mol. The van der Waals surface area contributed by atoms with Crippen LogP contribution in [0.2, 0.25) is 0 Å². The summed E-state index contributed by atoms with van der Waals surface area (Å²) in [4.78, 5) is 19.3. The number of aryl methyl sites for hydroxylation is 3. The third-order valence-electron chi connectivity index (χ3n) is 6.00. The highest BCUT2D eigenvalue weighted by Gasteiger charge is 2.37. The van der Waals surface area contributed by atoms with Crippen LogP contribution in [0.25, 0.3) is 5.65 Å². The topological polar surface area (TPSA) is 68.3 Å². The number of fused-ring (bicyclic) bond motifs is 1. The van der Waals surface area contributed by atoms with Crippen molar-refractivity contribution in [3.8, 4) is 0 Å². The Morgan fingerprint density at radius 1 is 1.22 bits per heavy atom. The van der Waals surface area contributed by atoms with E-state index >= 15 is 0 Å². The maximum atomic E-state index is 13.6. The van der Waals surface area contributed by atoms with E-state index in [0.29, 0.717) is 37.3 Å². The van der Waals surface area contributed by atoms with Gasteiger partial charge in [-0.1, -0.05) is 13.8 Å². The zero-order chi connectivity index (χ0) is 23.2. The number of amides is 1. The average molecular weight is 448 g/mol. The Hall–Kier alpha value is -2.91. The lowest BCUT2D eigenvalue weighted by atomic mass is 10.1. The van der Waals surface area contributed by atoms with Crippen LogP contribution in [0.3, 0.4) is 0 Å². The molecule has 2 atom stereocenters. The third kappa shape index (κ3) is 4.10. The number of aromatic nitrogens is 5. The molecule has 1 amide bonds. The van der Waals surface area contributed by atoms with Gasteiger partial charge in [0.05, 0.1) is 29.9 Å². The van der Waals surface area contributed by atoms with E-state index in [1.54, 1.807) is 17.9 Å². The van der Waals surface area contributed by atoms with Crippen LogP contribution < -0.4 is 0 Å². The highest BCUT2D eigenvalue weighted by atomic mass is 19.4. The van der Waals surface area contributed by atoms with Gasteiger partial charge >= 0.3 is 6.18 Å². The Kier molecular flexibility index (Phi) is 5.72. The Labute approximate surface area is 184 Å². The molecule has 4 heterocycles. The van der Waals surface area contributed by atoms with Crippen molar-refractivity contribution in [1.82, 2.24) is 29.3 Å². The molecule has 0 spiro atoms. The van der Waals surface area contributed by atoms with Gasteiger partial charge < -0.3 is 4.90 Å². The summed E-state index contributed by atoms with van der Waals surface area (Å²) in [6.07, 6.45) is -2.73. The molecule has 0 saturated carbocycles. The summed E-state index contributed by atoms with van der Waals surface area (Å²) in [6, 6.07) is 4.22. The van der Waals surface area contributed by atoms with Crippen molar-refractivity contribution < 1.29 is 18.0 Å². The van der Waals surface area contributed by atoms with E-state index in [1.807, 2.05) is 31.5 Å². The molecule has 1 saturated heterocycles. The van der Waals surface area contributed by atoms with Crippen molar-refractivity contribution in [2.75, 3.05) is 6.54 Å². The van der Waals surface area contributed by atoms with Crippen molar-refractivity contribution in [1.29, 1.82) is 0 Å². The lowest BCUT2D eigenvalue weighted by Crippen LogP contribution is -2.36. The second-order valence-electron chi connectivity index (χ2n) is 8.52. The summed E-state index contributed by atoms with van der Waals surface area (Å²) < 4.78 is 43.5. The Morgan fingerprint density at radius 3 is 2.59 bits per heavy atom. The van der Waals surface area contributed by atoms with E-state index in [-0.39, 0.29) is 23.5 Å². The van der Waals surface area contributed by atoms with E-state index in [9.17, 15) is 18.0 Å². The number of carbonyl (C=O) groups is 1. The molecule has 1 fully saturated rings. The van der Waals surface area contributed by atoms with Crippen molar-refractivity contribution in [2.24, 2.45) is 5.92 Å². The highest BCUT2D eigenvalue weighted by Crippen LogP contribution is 2.35. The summed E-state index contributed by atoms with van der Waals surface area (Å²) >= 11 is 0. The molecule has 1 aliphatic heterocycles. The first-order valence-electron chi connectivity index (χ1n) is 10.9. The van der Waals surface area contributed by atoms with Crippen LogP contribution in [0, 0.1) is 19.8 Å². The van der Waals surface area contributed by atoms with Crippen molar-refractivity contribution in [2.45, 2.75) is 65.7 Å². The van der Waals surface area contributed by atoms with E-state index < -0.39 is 11.9 Å². The van der Waals surface area contributed by atoms with E-state index in [4.69, 9.17) is 0 Å². The SMILES string of the molecule is CCc1cc(C(F)(F)F)n2nc([C@@H]3CCCN3C(=O)[C@@H](C)Cn3nc(C)cc3C)cc2n1. The molecule has 7 nitrogen and oxygen atoms in total. The number of alkyl halides is 3. The van der Waals surface area contributed by atoms with Crippen molar-refractivity contribution >= 4 is 11.6 Å². The van der Waals surface area contributed by atoms with Crippen LogP contribution in [-0.4, -0.2) is 41.7 Å². The van der Waals surface area contributed by atoms with Crippen LogP contribution in [-0.2, 0) is 23.9 Å². The molecule has 4 rings (SSSR count). The van der Waals surface area contributed by atoms with E-state index in [0.717, 1.165) is 28.4 Å². The summed E-state index contributed by atoms with van der Waals surface area (Å²) in [5, 5.41) is 8.68. The maximum absolute atomic E-state index is 13.6. The molecule has 0 N–H and O–H groups in total. The van der Waals surface area contributed by atoms with Crippen LogP contribution >= 0.6 is 0 Å². The van der Waals surface area contributed by atoms with Gasteiger partial charge in [-0.3, -0.25) is 9.48 Å². The smallest absolute Gasteiger partial charge is 0.334 e. The second kappa shape index (κ2) is 8.22. The summed E-state index contributed by atoms with van der Waals surface area (Å²) in [6.45, 7) is 8.48. The lowest BCUT2D eigenvalue weighted by molar-refractivity contribution is -0.143. The van der Waals surface area contributed by atoms with E-state index in [1.165, 1.54) is 0 Å². The zero-order valence-electron chi connectivity index (χ0n) is 18.6. The molecule has 32 heavy (non-hydrogen) atoms. The number of rotatable bonds is 5. The monoisotopic (exact) mass is 448 g/mol. The fourth-order valence-corrected chi connectivity index (χ4v) is 4.41. The van der Waals surface area contributed by atoms with Crippen LogP contribution in [0.5, 0.6) is 0 Å². The van der Waals surface area contributed by atoms with Crippen LogP contribution in [0.4, 0.5) is 13.2 Å². The molecule has 1 aliphatic rings. The van der Waals surface area contributed by atoms with Gasteiger partial charge in [-0.2, -0.15) is 23.4 Å². The second-order valence-corrected chi connectivity index (χ2v) is 8.52. The van der Waals surface area contributed by atoms with Gasteiger partial charge in [0.25, 0.3) is 0 Å². The third-order valence-corrected chi connectivity index (χ3v) is 6.00. The first kappa shape index (κ1) is 22.3. The fraction of sp³-hybridized carbons (Fsp3) is 0.545. The molecule has 0 radical (unpaired) electrons. The van der Waals surface area contributed by atoms with Gasteiger partial charge in [-0.05, 0) is 45.2 Å². The molecule has 3 aromatic rings. The predicted octanol–water partition coefficient (Wildman–Crippen LogP) is 4.12. The van der Waals surface area contributed by atoms with Gasteiger partial charge in [0.15, 0.2) is 5.65 Å². The maximum Gasteiger partial charge on any atom is 0.433 e. The number of hydrogen-bond donors (Lipinski definition) is 0. The van der Waals surface area contributed by atoms with E-state index in [2.05, 4.69) is 15.2 Å². The quantitative estimate of drug-likeness (QED) is 0.589. The average Bonchev–Trinajstić information content (AvgIpc) is 3.43. The van der Waals surface area contributed by atoms with Gasteiger partial charge in [-0.25, -0.2) is 9.50 Å². The lowest BCUT2D eigenvalue weighted by Gasteiger charge is -2.26. The number of hydrogen-bond acceptors (Lipinski definition) is 4. The summed E-state index contributed by atoms with van der Waals surface area (Å²) in [5.74, 6) is -0.364. The van der Waals surface area contributed by atoms with Crippen LogP contribution in [0.1, 0.15) is 61.2 Å². The normalized spacial score (nSPS) is 18.0. The Bertz CT molecular complexity index is 1150. The van der Waals surface area contributed by atoms with Crippen molar-refractivity contribution in [3.05, 3.63) is 46.7 Å². The summed E-state index contributed by atoms with van der Waals surface area (Å²) in [7, 11) is 0. The highest BCUT2D eigenvalue weighted by molar-refractivity contribution is 5.79. The number of halogens is 3. The number of likely N-dealkylation sites (tertiary alicyclic amines) is 1. The van der Waals surface area contributed by atoms with Crippen LogP contribution in [0.15, 0.2) is 18.2 Å². The molecule has 10 heteroatoms. The molecule has 0 aliphatic carbocycles. The molecule has 0 unspecified atom stereocenters. The minimum atomic E-state index is -4.55. The first-order chi connectivity index (χ1) is 15.1. The zero-order valence-corrected chi connectivity index (χ0v) is 18.6. The van der Waals surface area contributed by atoms with Gasteiger partial charge in [-0.15, -0.1) is 0 Å². The molecule has 172 valence electrons. The van der Waals surface area contributed by atoms with Gasteiger partial charge in [0, 0.05) is 24.0 Å². The number of nitrogens with zero attached hydrogens (tertiary/aromatic N) is 6. The Balaban J connectivity index is 1.63. The van der Waals surface area contributed by atoms with Gasteiger partial charge in [0.1, 0.15) is 5.69 Å². The minimum Gasteiger partial charge on any atom is -0.334 e. The fourth-order valence-electron chi connectivity index (χ4n) is 4.41. The first-order valence-corrected chi connectivity index (χ1v) is 10.9. The minimum absolute atomic E-state index is 0.0460. The Morgan fingerprint density at radius 2 is 1.97 bits per heavy atom. The predicted molar refractivity (Wildman–Crippen MR) is 112 cm³/mol. The standard InChI is InChI=1S/C22H27F3N6O/c1-5-16-10-19(22(23,24)25)31-20(26-16)11-17(28-31)18-7-6-8-29(18)21(32)13(2)12-30-15(4)9-14(3)27-30/h9-11,13,18H,5-8,12H2,1-4H3/t13-,18-/m0/s1. The van der Waals surface area contributed by atoms with Crippen molar-refractivity contribution in [3.63, 3.8) is 0 Å². The molecular formula is C22H27F3N6O. The largest absolute Gasteiger partial charge is 0.433 e. The van der Waals surface area contributed by atoms with Gasteiger partial charge in [0.2, 0.25) is 5.91 Å². The number of carbonyl (C=O) groups excluding carboxylic acids is 1. The molecule has 0 aromatic carbocycles. The summed E-state index contributed by atoms with van der Waals surface area (Å²) in [5.41, 5.74) is 1.99. The molecule has 3 aromatic heterocycles. The molecule has 0 bridgehead atoms.